The molecule has 5 nitrogen and oxygen atoms in total. The summed E-state index contributed by atoms with van der Waals surface area (Å²) in [6, 6.07) is 5.34. The topological polar surface area (TPSA) is 59.8 Å². The van der Waals surface area contributed by atoms with E-state index in [9.17, 15) is 4.79 Å². The van der Waals surface area contributed by atoms with E-state index in [1.165, 1.54) is 0 Å². The quantitative estimate of drug-likeness (QED) is 0.840. The number of hydrogen-bond donors (Lipinski definition) is 1. The van der Waals surface area contributed by atoms with E-state index in [0.29, 0.717) is 5.56 Å². The Bertz CT molecular complexity index is 698. The van der Waals surface area contributed by atoms with E-state index in [-0.39, 0.29) is 11.9 Å². The van der Waals surface area contributed by atoms with Gasteiger partial charge < -0.3 is 9.88 Å². The molecule has 0 spiro atoms. The van der Waals surface area contributed by atoms with Crippen molar-refractivity contribution in [3.8, 4) is 0 Å². The molecule has 1 unspecified atom stereocenters. The molecule has 1 aliphatic heterocycles. The van der Waals surface area contributed by atoms with Gasteiger partial charge in [0.15, 0.2) is 5.82 Å². The summed E-state index contributed by atoms with van der Waals surface area (Å²) in [5, 5.41) is 11.4. The fourth-order valence-corrected chi connectivity index (χ4v) is 3.29. The SMILES string of the molecule is CC(NC(=O)c1cc(Br)ccc1Br)c1nnc2n1CCC2. The molecule has 0 aliphatic carbocycles. The highest BCUT2D eigenvalue weighted by atomic mass is 79.9. The van der Waals surface area contributed by atoms with Gasteiger partial charge in [0.2, 0.25) is 0 Å². The molecule has 1 atom stereocenters. The molecule has 1 N–H and O–H groups in total. The molecule has 2 heterocycles. The van der Waals surface area contributed by atoms with Gasteiger partial charge in [-0.2, -0.15) is 0 Å². The first-order valence-electron chi connectivity index (χ1n) is 6.74. The van der Waals surface area contributed by atoms with Crippen LogP contribution in [0.25, 0.3) is 0 Å². The second-order valence-corrected chi connectivity index (χ2v) is 6.82. The van der Waals surface area contributed by atoms with Crippen LogP contribution in [0, 0.1) is 0 Å². The zero-order valence-corrected chi connectivity index (χ0v) is 14.6. The third-order valence-corrected chi connectivity index (χ3v) is 4.73. The third-order valence-electron chi connectivity index (χ3n) is 3.55. The van der Waals surface area contributed by atoms with Crippen LogP contribution in [0.2, 0.25) is 0 Å². The molecular weight excluding hydrogens is 400 g/mol. The average Bonchev–Trinajstić information content (AvgIpc) is 3.03. The average molecular weight is 414 g/mol. The fourth-order valence-electron chi connectivity index (χ4n) is 2.50. The van der Waals surface area contributed by atoms with Crippen LogP contribution in [-0.2, 0) is 13.0 Å². The maximum absolute atomic E-state index is 12.4. The molecule has 2 aromatic rings. The standard InChI is InChI=1S/C14H14Br2N4O/c1-8(13-19-18-12-3-2-6-20(12)13)17-14(21)10-7-9(15)4-5-11(10)16/h4-5,7-8H,2-3,6H2,1H3,(H,17,21). The lowest BCUT2D eigenvalue weighted by Gasteiger charge is -2.14. The van der Waals surface area contributed by atoms with E-state index in [4.69, 9.17) is 0 Å². The number of carbonyl (C=O) groups excluding carboxylic acids is 1. The van der Waals surface area contributed by atoms with Gasteiger partial charge in [-0.25, -0.2) is 0 Å². The van der Waals surface area contributed by atoms with Crippen LogP contribution in [0.5, 0.6) is 0 Å². The van der Waals surface area contributed by atoms with Gasteiger partial charge in [0.1, 0.15) is 5.82 Å². The Morgan fingerprint density at radius 3 is 3.00 bits per heavy atom. The number of rotatable bonds is 3. The number of aromatic nitrogens is 3. The number of amides is 1. The largest absolute Gasteiger partial charge is 0.342 e. The molecule has 110 valence electrons. The molecule has 21 heavy (non-hydrogen) atoms. The number of fused-ring (bicyclic) bond motifs is 1. The van der Waals surface area contributed by atoms with E-state index < -0.39 is 0 Å². The number of aryl methyl sites for hydroxylation is 1. The number of halogens is 2. The van der Waals surface area contributed by atoms with Crippen LogP contribution in [0.3, 0.4) is 0 Å². The smallest absolute Gasteiger partial charge is 0.253 e. The molecule has 1 aliphatic rings. The van der Waals surface area contributed by atoms with Gasteiger partial charge in [-0.15, -0.1) is 10.2 Å². The monoisotopic (exact) mass is 412 g/mol. The summed E-state index contributed by atoms with van der Waals surface area (Å²) in [4.78, 5) is 12.4. The van der Waals surface area contributed by atoms with Crippen molar-refractivity contribution in [3.05, 3.63) is 44.4 Å². The second-order valence-electron chi connectivity index (χ2n) is 5.05. The van der Waals surface area contributed by atoms with Crippen LogP contribution in [0.15, 0.2) is 27.1 Å². The number of nitrogens with zero attached hydrogens (tertiary/aromatic N) is 3. The summed E-state index contributed by atoms with van der Waals surface area (Å²) in [7, 11) is 0. The Labute approximate surface area is 139 Å². The highest BCUT2D eigenvalue weighted by Crippen LogP contribution is 2.23. The fraction of sp³-hybridized carbons (Fsp3) is 0.357. The van der Waals surface area contributed by atoms with Gasteiger partial charge in [0, 0.05) is 21.9 Å². The van der Waals surface area contributed by atoms with Crippen LogP contribution in [0.1, 0.15) is 41.4 Å². The predicted octanol–water partition coefficient (Wildman–Crippen LogP) is 3.24. The minimum atomic E-state index is -0.178. The highest BCUT2D eigenvalue weighted by Gasteiger charge is 2.23. The van der Waals surface area contributed by atoms with Crippen molar-refractivity contribution in [1.29, 1.82) is 0 Å². The van der Waals surface area contributed by atoms with Crippen LogP contribution >= 0.6 is 31.9 Å². The number of nitrogens with one attached hydrogen (secondary N) is 1. The molecule has 1 aromatic carbocycles. The minimum absolute atomic E-state index is 0.133. The molecule has 0 saturated heterocycles. The highest BCUT2D eigenvalue weighted by molar-refractivity contribution is 9.11. The molecule has 1 aromatic heterocycles. The molecule has 0 saturated carbocycles. The number of carbonyl (C=O) groups is 1. The minimum Gasteiger partial charge on any atom is -0.342 e. The van der Waals surface area contributed by atoms with Crippen LogP contribution in [-0.4, -0.2) is 20.7 Å². The lowest BCUT2D eigenvalue weighted by molar-refractivity contribution is 0.0936. The maximum Gasteiger partial charge on any atom is 0.253 e. The number of benzene rings is 1. The zero-order chi connectivity index (χ0) is 15.0. The Morgan fingerprint density at radius 1 is 1.38 bits per heavy atom. The predicted molar refractivity (Wildman–Crippen MR) is 86.1 cm³/mol. The van der Waals surface area contributed by atoms with Gasteiger partial charge in [0.05, 0.1) is 11.6 Å². The van der Waals surface area contributed by atoms with Crippen molar-refractivity contribution in [2.24, 2.45) is 0 Å². The van der Waals surface area contributed by atoms with Crippen LogP contribution < -0.4 is 5.32 Å². The lowest BCUT2D eigenvalue weighted by atomic mass is 10.2. The first-order chi connectivity index (χ1) is 10.1. The molecule has 0 bridgehead atoms. The lowest BCUT2D eigenvalue weighted by Crippen LogP contribution is -2.29. The van der Waals surface area contributed by atoms with E-state index in [0.717, 1.165) is 40.0 Å². The summed E-state index contributed by atoms with van der Waals surface area (Å²) < 4.78 is 3.73. The summed E-state index contributed by atoms with van der Waals surface area (Å²) >= 11 is 6.79. The van der Waals surface area contributed by atoms with Crippen LogP contribution in [0.4, 0.5) is 0 Å². The first kappa shape index (κ1) is 14.7. The van der Waals surface area contributed by atoms with E-state index in [1.807, 2.05) is 19.1 Å². The second kappa shape index (κ2) is 5.88. The van der Waals surface area contributed by atoms with E-state index >= 15 is 0 Å². The van der Waals surface area contributed by atoms with Gasteiger partial charge >= 0.3 is 0 Å². The Morgan fingerprint density at radius 2 is 2.19 bits per heavy atom. The van der Waals surface area contributed by atoms with Gasteiger partial charge in [-0.05, 0) is 47.5 Å². The van der Waals surface area contributed by atoms with Crippen molar-refractivity contribution in [2.45, 2.75) is 32.4 Å². The zero-order valence-electron chi connectivity index (χ0n) is 11.4. The molecule has 1 amide bonds. The van der Waals surface area contributed by atoms with Crippen molar-refractivity contribution >= 4 is 37.8 Å². The maximum atomic E-state index is 12.4. The summed E-state index contributed by atoms with van der Waals surface area (Å²) in [5.74, 6) is 1.70. The summed E-state index contributed by atoms with van der Waals surface area (Å²) in [6.45, 7) is 2.86. The Hall–Kier alpha value is -1.21. The molecule has 7 heteroatoms. The van der Waals surface area contributed by atoms with Gasteiger partial charge in [-0.3, -0.25) is 4.79 Å². The van der Waals surface area contributed by atoms with Gasteiger partial charge in [-0.1, -0.05) is 15.9 Å². The van der Waals surface area contributed by atoms with E-state index in [1.54, 1.807) is 6.07 Å². The summed E-state index contributed by atoms with van der Waals surface area (Å²) in [6.07, 6.45) is 2.06. The normalized spacial score (nSPS) is 14.8. The number of hydrogen-bond acceptors (Lipinski definition) is 3. The molecule has 0 fully saturated rings. The van der Waals surface area contributed by atoms with Crippen molar-refractivity contribution in [2.75, 3.05) is 0 Å². The molecule has 0 radical (unpaired) electrons. The van der Waals surface area contributed by atoms with E-state index in [2.05, 4.69) is 51.9 Å². The van der Waals surface area contributed by atoms with Crippen molar-refractivity contribution < 1.29 is 4.79 Å². The Balaban J connectivity index is 1.79. The third kappa shape index (κ3) is 2.89. The van der Waals surface area contributed by atoms with Gasteiger partial charge in [0.25, 0.3) is 5.91 Å². The molecule has 3 rings (SSSR count). The summed E-state index contributed by atoms with van der Waals surface area (Å²) in [5.41, 5.74) is 0.595. The molecular formula is C14H14Br2N4O. The first-order valence-corrected chi connectivity index (χ1v) is 8.33. The Kier molecular flexibility index (Phi) is 4.12. The van der Waals surface area contributed by atoms with Crippen molar-refractivity contribution in [3.63, 3.8) is 0 Å². The van der Waals surface area contributed by atoms with Crippen molar-refractivity contribution in [1.82, 2.24) is 20.1 Å².